The monoisotopic (exact) mass is 289 g/mol. The number of aliphatic hydroxyl groups is 1. The molecular weight excluding hydrogens is 273 g/mol. The van der Waals surface area contributed by atoms with E-state index < -0.39 is 0 Å². The quantitative estimate of drug-likeness (QED) is 0.871. The van der Waals surface area contributed by atoms with Crippen molar-refractivity contribution in [2.75, 3.05) is 19.7 Å². The summed E-state index contributed by atoms with van der Waals surface area (Å²) < 4.78 is 14.4. The van der Waals surface area contributed by atoms with Crippen molar-refractivity contribution in [1.29, 1.82) is 0 Å². The normalized spacial score (nSPS) is 11.1. The maximum absolute atomic E-state index is 13.5. The van der Waals surface area contributed by atoms with Gasteiger partial charge in [0.25, 0.3) is 0 Å². The zero-order chi connectivity index (χ0) is 12.0. The van der Waals surface area contributed by atoms with Gasteiger partial charge in [-0.25, -0.2) is 4.39 Å². The Morgan fingerprint density at radius 3 is 2.75 bits per heavy atom. The van der Waals surface area contributed by atoms with Gasteiger partial charge in [-0.1, -0.05) is 22.9 Å². The fourth-order valence-corrected chi connectivity index (χ4v) is 2.04. The van der Waals surface area contributed by atoms with Gasteiger partial charge in [-0.15, -0.1) is 0 Å². The molecule has 0 saturated heterocycles. The lowest BCUT2D eigenvalue weighted by Gasteiger charge is -2.20. The molecule has 0 aromatic heterocycles. The molecule has 16 heavy (non-hydrogen) atoms. The third kappa shape index (κ3) is 4.20. The van der Waals surface area contributed by atoms with Crippen LogP contribution < -0.4 is 0 Å². The minimum atomic E-state index is -0.192. The lowest BCUT2D eigenvalue weighted by Crippen LogP contribution is -2.27. The molecule has 1 aromatic carbocycles. The molecule has 1 aromatic rings. The van der Waals surface area contributed by atoms with E-state index in [0.717, 1.165) is 17.4 Å². The van der Waals surface area contributed by atoms with E-state index in [9.17, 15) is 4.39 Å². The van der Waals surface area contributed by atoms with E-state index in [-0.39, 0.29) is 12.4 Å². The van der Waals surface area contributed by atoms with Crippen LogP contribution in [0.15, 0.2) is 22.7 Å². The standard InChI is InChI=1S/C12H17BrFNO/c1-2-5-15(6-7-16)9-10-8-11(13)3-4-12(10)14/h3-4,8,16H,2,5-7,9H2,1H3. The molecule has 0 bridgehead atoms. The van der Waals surface area contributed by atoms with Crippen molar-refractivity contribution in [2.24, 2.45) is 0 Å². The maximum Gasteiger partial charge on any atom is 0.127 e. The highest BCUT2D eigenvalue weighted by atomic mass is 79.9. The summed E-state index contributed by atoms with van der Waals surface area (Å²) in [6.07, 6.45) is 0.996. The topological polar surface area (TPSA) is 23.5 Å². The summed E-state index contributed by atoms with van der Waals surface area (Å²) in [7, 11) is 0. The third-order valence-electron chi connectivity index (χ3n) is 2.36. The van der Waals surface area contributed by atoms with Crippen molar-refractivity contribution in [3.63, 3.8) is 0 Å². The lowest BCUT2D eigenvalue weighted by atomic mass is 10.2. The van der Waals surface area contributed by atoms with E-state index in [2.05, 4.69) is 22.9 Å². The highest BCUT2D eigenvalue weighted by Crippen LogP contribution is 2.17. The number of benzene rings is 1. The Bertz CT molecular complexity index is 327. The van der Waals surface area contributed by atoms with Gasteiger partial charge in [0.15, 0.2) is 0 Å². The zero-order valence-electron chi connectivity index (χ0n) is 9.42. The predicted molar refractivity (Wildman–Crippen MR) is 66.8 cm³/mol. The third-order valence-corrected chi connectivity index (χ3v) is 2.85. The molecule has 90 valence electrons. The summed E-state index contributed by atoms with van der Waals surface area (Å²) >= 11 is 3.33. The summed E-state index contributed by atoms with van der Waals surface area (Å²) in [6.45, 7) is 4.17. The molecule has 2 nitrogen and oxygen atoms in total. The van der Waals surface area contributed by atoms with Crippen LogP contribution in [-0.2, 0) is 6.54 Å². The van der Waals surface area contributed by atoms with Gasteiger partial charge >= 0.3 is 0 Å². The lowest BCUT2D eigenvalue weighted by molar-refractivity contribution is 0.189. The Morgan fingerprint density at radius 1 is 1.38 bits per heavy atom. The van der Waals surface area contributed by atoms with Crippen LogP contribution >= 0.6 is 15.9 Å². The van der Waals surface area contributed by atoms with Crippen molar-refractivity contribution in [3.8, 4) is 0 Å². The summed E-state index contributed by atoms with van der Waals surface area (Å²) in [5, 5.41) is 8.92. The van der Waals surface area contributed by atoms with Gasteiger partial charge in [-0.05, 0) is 31.2 Å². The van der Waals surface area contributed by atoms with Gasteiger partial charge in [-0.3, -0.25) is 4.90 Å². The average Bonchev–Trinajstić information content (AvgIpc) is 2.24. The van der Waals surface area contributed by atoms with Crippen LogP contribution in [0.5, 0.6) is 0 Å². The molecule has 0 amide bonds. The number of hydrogen-bond acceptors (Lipinski definition) is 2. The van der Waals surface area contributed by atoms with Crippen molar-refractivity contribution in [2.45, 2.75) is 19.9 Å². The molecule has 0 aliphatic heterocycles. The number of halogens is 2. The van der Waals surface area contributed by atoms with Crippen LogP contribution in [0.1, 0.15) is 18.9 Å². The second kappa shape index (κ2) is 6.99. The van der Waals surface area contributed by atoms with Crippen LogP contribution in [0, 0.1) is 5.82 Å². The van der Waals surface area contributed by atoms with Gasteiger partial charge in [-0.2, -0.15) is 0 Å². The summed E-state index contributed by atoms with van der Waals surface area (Å²) in [6, 6.07) is 4.94. The van der Waals surface area contributed by atoms with Crippen LogP contribution in [0.25, 0.3) is 0 Å². The molecule has 1 N–H and O–H groups in total. The Labute approximate surface area is 104 Å². The van der Waals surface area contributed by atoms with Gasteiger partial charge in [0, 0.05) is 23.1 Å². The SMILES string of the molecule is CCCN(CCO)Cc1cc(Br)ccc1F. The van der Waals surface area contributed by atoms with Crippen molar-refractivity contribution in [3.05, 3.63) is 34.1 Å². The molecule has 0 radical (unpaired) electrons. The number of rotatable bonds is 6. The Kier molecular flexibility index (Phi) is 5.95. The fraction of sp³-hybridized carbons (Fsp3) is 0.500. The predicted octanol–water partition coefficient (Wildman–Crippen LogP) is 2.79. The van der Waals surface area contributed by atoms with E-state index in [4.69, 9.17) is 5.11 Å². The molecule has 0 saturated carbocycles. The molecular formula is C12H17BrFNO. The smallest absolute Gasteiger partial charge is 0.127 e. The van der Waals surface area contributed by atoms with E-state index in [1.807, 2.05) is 4.90 Å². The molecule has 0 atom stereocenters. The largest absolute Gasteiger partial charge is 0.395 e. The first kappa shape index (κ1) is 13.6. The average molecular weight is 290 g/mol. The fourth-order valence-electron chi connectivity index (χ4n) is 1.63. The van der Waals surface area contributed by atoms with Gasteiger partial charge in [0.05, 0.1) is 6.61 Å². The summed E-state index contributed by atoms with van der Waals surface area (Å²) in [5.74, 6) is -0.192. The number of aliphatic hydroxyl groups excluding tert-OH is 1. The first-order chi connectivity index (χ1) is 7.67. The minimum absolute atomic E-state index is 0.107. The van der Waals surface area contributed by atoms with E-state index in [1.165, 1.54) is 6.07 Å². The molecule has 0 unspecified atom stereocenters. The molecule has 0 heterocycles. The summed E-state index contributed by atoms with van der Waals surface area (Å²) in [4.78, 5) is 2.05. The maximum atomic E-state index is 13.5. The Morgan fingerprint density at radius 2 is 2.12 bits per heavy atom. The minimum Gasteiger partial charge on any atom is -0.395 e. The van der Waals surface area contributed by atoms with Gasteiger partial charge in [0.2, 0.25) is 0 Å². The van der Waals surface area contributed by atoms with E-state index >= 15 is 0 Å². The molecule has 1 rings (SSSR count). The molecule has 0 fully saturated rings. The van der Waals surface area contributed by atoms with Gasteiger partial charge < -0.3 is 5.11 Å². The highest BCUT2D eigenvalue weighted by Gasteiger charge is 2.08. The molecule has 4 heteroatoms. The Hall–Kier alpha value is -0.450. The van der Waals surface area contributed by atoms with Crippen molar-refractivity contribution < 1.29 is 9.50 Å². The van der Waals surface area contributed by atoms with Crippen molar-refractivity contribution in [1.82, 2.24) is 4.90 Å². The number of nitrogens with zero attached hydrogens (tertiary/aromatic N) is 1. The zero-order valence-corrected chi connectivity index (χ0v) is 11.0. The van der Waals surface area contributed by atoms with E-state index in [0.29, 0.717) is 18.7 Å². The van der Waals surface area contributed by atoms with E-state index in [1.54, 1.807) is 12.1 Å². The molecule has 0 aliphatic rings. The molecule has 0 spiro atoms. The number of hydrogen-bond donors (Lipinski definition) is 1. The second-order valence-corrected chi connectivity index (χ2v) is 4.65. The first-order valence-electron chi connectivity index (χ1n) is 5.44. The highest BCUT2D eigenvalue weighted by molar-refractivity contribution is 9.10. The van der Waals surface area contributed by atoms with Crippen molar-refractivity contribution >= 4 is 15.9 Å². The Balaban J connectivity index is 2.71. The first-order valence-corrected chi connectivity index (χ1v) is 6.23. The summed E-state index contributed by atoms with van der Waals surface area (Å²) in [5.41, 5.74) is 0.663. The van der Waals surface area contributed by atoms with Crippen LogP contribution in [0.3, 0.4) is 0 Å². The van der Waals surface area contributed by atoms with Crippen LogP contribution in [0.4, 0.5) is 4.39 Å². The van der Waals surface area contributed by atoms with Crippen LogP contribution in [0.2, 0.25) is 0 Å². The van der Waals surface area contributed by atoms with Crippen LogP contribution in [-0.4, -0.2) is 29.7 Å². The van der Waals surface area contributed by atoms with Gasteiger partial charge in [0.1, 0.15) is 5.82 Å². The second-order valence-electron chi connectivity index (χ2n) is 3.74. The molecule has 0 aliphatic carbocycles.